The summed E-state index contributed by atoms with van der Waals surface area (Å²) < 4.78 is 24.5. The summed E-state index contributed by atoms with van der Waals surface area (Å²) in [6.07, 6.45) is 1.87. The van der Waals surface area contributed by atoms with Crippen LogP contribution in [0, 0.1) is 0 Å². The van der Waals surface area contributed by atoms with Gasteiger partial charge < -0.3 is 10.4 Å². The number of aliphatic hydroxyl groups excluding tert-OH is 1. The van der Waals surface area contributed by atoms with Crippen LogP contribution in [0.3, 0.4) is 0 Å². The van der Waals surface area contributed by atoms with Crippen molar-refractivity contribution in [3.8, 4) is 0 Å². The van der Waals surface area contributed by atoms with Gasteiger partial charge in [0.1, 0.15) is 6.61 Å². The molecule has 68 valence electrons. The molecule has 0 saturated heterocycles. The molecule has 0 aromatic heterocycles. The fraction of sp³-hybridized carbons (Fsp3) is 1.00. The Bertz CT molecular complexity index is 98.4. The molecule has 0 amide bonds. The van der Waals surface area contributed by atoms with Gasteiger partial charge in [-0.25, -0.2) is 8.78 Å². The first kappa shape index (κ1) is 10.8. The molecule has 0 fully saturated rings. The maximum Gasteiger partial charge on any atom is 0.282 e. The van der Waals surface area contributed by atoms with Crippen molar-refractivity contribution in [2.45, 2.75) is 25.7 Å². The number of nitrogens with one attached hydrogen (secondary N) is 1. The molecule has 0 aliphatic rings. The second-order valence-electron chi connectivity index (χ2n) is 2.54. The van der Waals surface area contributed by atoms with E-state index in [1.165, 1.54) is 0 Å². The first-order chi connectivity index (χ1) is 5.12. The smallest absolute Gasteiger partial charge is 0.282 e. The minimum absolute atomic E-state index is 0.427. The Morgan fingerprint density at radius 2 is 2.09 bits per heavy atom. The van der Waals surface area contributed by atoms with Crippen LogP contribution in [0.5, 0.6) is 0 Å². The van der Waals surface area contributed by atoms with Crippen molar-refractivity contribution < 1.29 is 13.9 Å². The van der Waals surface area contributed by atoms with Crippen molar-refractivity contribution in [2.24, 2.45) is 0 Å². The second-order valence-corrected chi connectivity index (χ2v) is 2.54. The molecule has 0 unspecified atom stereocenters. The summed E-state index contributed by atoms with van der Waals surface area (Å²) in [5.74, 6) is -2.96. The number of halogens is 2. The Hall–Kier alpha value is -0.220. The van der Waals surface area contributed by atoms with E-state index in [0.29, 0.717) is 6.54 Å². The molecule has 0 aliphatic heterocycles. The van der Waals surface area contributed by atoms with Crippen LogP contribution in [0.25, 0.3) is 0 Å². The van der Waals surface area contributed by atoms with Crippen LogP contribution < -0.4 is 5.32 Å². The molecule has 0 atom stereocenters. The van der Waals surface area contributed by atoms with Gasteiger partial charge in [0.25, 0.3) is 5.92 Å². The topological polar surface area (TPSA) is 32.3 Å². The van der Waals surface area contributed by atoms with E-state index in [0.717, 1.165) is 12.8 Å². The molecule has 0 rings (SSSR count). The van der Waals surface area contributed by atoms with Gasteiger partial charge in [-0.1, -0.05) is 13.3 Å². The lowest BCUT2D eigenvalue weighted by Crippen LogP contribution is -2.36. The number of hydrogen-bond donors (Lipinski definition) is 2. The number of unbranched alkanes of at least 4 members (excludes halogenated alkanes) is 1. The predicted octanol–water partition coefficient (Wildman–Crippen LogP) is 1.00. The molecule has 2 N–H and O–H groups in total. The molecular weight excluding hydrogens is 152 g/mol. The zero-order valence-corrected chi connectivity index (χ0v) is 6.74. The van der Waals surface area contributed by atoms with E-state index in [1.807, 2.05) is 6.92 Å². The Morgan fingerprint density at radius 1 is 1.45 bits per heavy atom. The number of alkyl halides is 2. The monoisotopic (exact) mass is 167 g/mol. The Labute approximate surface area is 65.6 Å². The van der Waals surface area contributed by atoms with Crippen LogP contribution in [-0.4, -0.2) is 30.7 Å². The lowest BCUT2D eigenvalue weighted by molar-refractivity contribution is -0.0474. The van der Waals surface area contributed by atoms with Crippen molar-refractivity contribution in [1.82, 2.24) is 5.32 Å². The van der Waals surface area contributed by atoms with Gasteiger partial charge in [0.05, 0.1) is 6.54 Å². The van der Waals surface area contributed by atoms with Crippen LogP contribution >= 0.6 is 0 Å². The average Bonchev–Trinajstić information content (AvgIpc) is 1.99. The fourth-order valence-electron chi connectivity index (χ4n) is 0.629. The quantitative estimate of drug-likeness (QED) is 0.578. The van der Waals surface area contributed by atoms with Crippen LogP contribution in [0.1, 0.15) is 19.8 Å². The van der Waals surface area contributed by atoms with Gasteiger partial charge in [-0.15, -0.1) is 0 Å². The molecule has 0 aromatic carbocycles. The number of hydrogen-bond acceptors (Lipinski definition) is 2. The highest BCUT2D eigenvalue weighted by Gasteiger charge is 2.26. The van der Waals surface area contributed by atoms with Gasteiger partial charge in [-0.05, 0) is 13.0 Å². The fourth-order valence-corrected chi connectivity index (χ4v) is 0.629. The third kappa shape index (κ3) is 6.19. The minimum Gasteiger partial charge on any atom is -0.390 e. The second kappa shape index (κ2) is 5.43. The lowest BCUT2D eigenvalue weighted by atomic mass is 10.3. The standard InChI is InChI=1S/C7H15F2NO/c1-2-3-4-10-5-7(8,9)6-11/h10-11H,2-6H2,1H3. The predicted molar refractivity (Wildman–Crippen MR) is 39.8 cm³/mol. The SMILES string of the molecule is CCCCNCC(F)(F)CO. The molecule has 0 bridgehead atoms. The zero-order chi connectivity index (χ0) is 8.74. The van der Waals surface area contributed by atoms with E-state index < -0.39 is 19.1 Å². The summed E-state index contributed by atoms with van der Waals surface area (Å²) in [4.78, 5) is 0. The highest BCUT2D eigenvalue weighted by atomic mass is 19.3. The number of aliphatic hydroxyl groups is 1. The van der Waals surface area contributed by atoms with E-state index in [9.17, 15) is 8.78 Å². The largest absolute Gasteiger partial charge is 0.390 e. The van der Waals surface area contributed by atoms with Crippen LogP contribution in [0.2, 0.25) is 0 Å². The van der Waals surface area contributed by atoms with Crippen LogP contribution in [0.15, 0.2) is 0 Å². The molecule has 11 heavy (non-hydrogen) atoms. The molecule has 0 aliphatic carbocycles. The molecule has 4 heteroatoms. The van der Waals surface area contributed by atoms with Gasteiger partial charge in [0.15, 0.2) is 0 Å². The third-order valence-electron chi connectivity index (χ3n) is 1.32. The first-order valence-corrected chi connectivity index (χ1v) is 3.82. The Balaban J connectivity index is 3.23. The van der Waals surface area contributed by atoms with Gasteiger partial charge >= 0.3 is 0 Å². The Morgan fingerprint density at radius 3 is 2.55 bits per heavy atom. The van der Waals surface area contributed by atoms with E-state index in [4.69, 9.17) is 5.11 Å². The highest BCUT2D eigenvalue weighted by Crippen LogP contribution is 2.09. The van der Waals surface area contributed by atoms with Crippen molar-refractivity contribution in [2.75, 3.05) is 19.7 Å². The van der Waals surface area contributed by atoms with Crippen molar-refractivity contribution >= 4 is 0 Å². The maximum atomic E-state index is 12.3. The first-order valence-electron chi connectivity index (χ1n) is 3.82. The van der Waals surface area contributed by atoms with Gasteiger partial charge in [-0.3, -0.25) is 0 Å². The molecule has 2 nitrogen and oxygen atoms in total. The maximum absolute atomic E-state index is 12.3. The van der Waals surface area contributed by atoms with E-state index in [2.05, 4.69) is 5.32 Å². The molecular formula is C7H15F2NO. The summed E-state index contributed by atoms with van der Waals surface area (Å²) in [5.41, 5.74) is 0. The summed E-state index contributed by atoms with van der Waals surface area (Å²) >= 11 is 0. The normalized spacial score (nSPS) is 12.0. The summed E-state index contributed by atoms with van der Waals surface area (Å²) in [6.45, 7) is 1.08. The van der Waals surface area contributed by atoms with Gasteiger partial charge in [0, 0.05) is 0 Å². The zero-order valence-electron chi connectivity index (χ0n) is 6.74. The van der Waals surface area contributed by atoms with Gasteiger partial charge in [0.2, 0.25) is 0 Å². The third-order valence-corrected chi connectivity index (χ3v) is 1.32. The van der Waals surface area contributed by atoms with E-state index in [1.54, 1.807) is 0 Å². The Kier molecular flexibility index (Phi) is 5.32. The number of rotatable bonds is 6. The minimum atomic E-state index is -2.96. The van der Waals surface area contributed by atoms with E-state index >= 15 is 0 Å². The van der Waals surface area contributed by atoms with Crippen molar-refractivity contribution in [3.05, 3.63) is 0 Å². The molecule has 0 radical (unpaired) electrons. The summed E-state index contributed by atoms with van der Waals surface area (Å²) in [7, 11) is 0. The summed E-state index contributed by atoms with van der Waals surface area (Å²) in [5, 5.41) is 10.7. The highest BCUT2D eigenvalue weighted by molar-refractivity contribution is 4.66. The molecule has 0 aromatic rings. The summed E-state index contributed by atoms with van der Waals surface area (Å²) in [6, 6.07) is 0. The molecule has 0 heterocycles. The van der Waals surface area contributed by atoms with E-state index in [-0.39, 0.29) is 0 Å². The molecule has 0 saturated carbocycles. The molecule has 0 spiro atoms. The van der Waals surface area contributed by atoms with Gasteiger partial charge in [-0.2, -0.15) is 0 Å². The van der Waals surface area contributed by atoms with Crippen LogP contribution in [0.4, 0.5) is 8.78 Å². The van der Waals surface area contributed by atoms with Crippen molar-refractivity contribution in [3.63, 3.8) is 0 Å². The van der Waals surface area contributed by atoms with Crippen LogP contribution in [-0.2, 0) is 0 Å². The van der Waals surface area contributed by atoms with Crippen molar-refractivity contribution in [1.29, 1.82) is 0 Å². The average molecular weight is 167 g/mol. The lowest BCUT2D eigenvalue weighted by Gasteiger charge is -2.13.